The molecule has 0 saturated heterocycles. The summed E-state index contributed by atoms with van der Waals surface area (Å²) >= 11 is 0. The predicted octanol–water partition coefficient (Wildman–Crippen LogP) is 5.08. The molecule has 0 atom stereocenters. The van der Waals surface area contributed by atoms with Crippen LogP contribution in [-0.4, -0.2) is 17.6 Å². The Morgan fingerprint density at radius 1 is 0.733 bits per heavy atom. The SMILES string of the molecule is CCC[Si](C)C.CCC[Si](CC)CC.[Y]. The Bertz CT molecular complexity index is 93.6. The quantitative estimate of drug-likeness (QED) is 0.599. The second-order valence-electron chi connectivity index (χ2n) is 4.16. The molecule has 15 heavy (non-hydrogen) atoms. The summed E-state index contributed by atoms with van der Waals surface area (Å²) in [7, 11) is 0.240. The number of hydrogen-bond donors (Lipinski definition) is 0. The summed E-state index contributed by atoms with van der Waals surface area (Å²) in [5.74, 6) is 0. The first-order valence-electron chi connectivity index (χ1n) is 6.24. The van der Waals surface area contributed by atoms with Crippen molar-refractivity contribution >= 4 is 17.6 Å². The van der Waals surface area contributed by atoms with Crippen molar-refractivity contribution in [3.05, 3.63) is 0 Å². The second kappa shape index (κ2) is 17.9. The van der Waals surface area contributed by atoms with Crippen LogP contribution in [0, 0.1) is 0 Å². The van der Waals surface area contributed by atoms with Crippen LogP contribution in [0.5, 0.6) is 0 Å². The van der Waals surface area contributed by atoms with E-state index in [1.54, 1.807) is 0 Å². The van der Waals surface area contributed by atoms with E-state index in [0.29, 0.717) is 0 Å². The zero-order valence-corrected chi connectivity index (χ0v) is 16.7. The summed E-state index contributed by atoms with van der Waals surface area (Å²) in [5, 5.41) is 0. The van der Waals surface area contributed by atoms with Gasteiger partial charge in [-0.2, -0.15) is 0 Å². The molecule has 89 valence electrons. The molecule has 0 nitrogen and oxygen atoms in total. The molecule has 0 fully saturated rings. The molecular weight excluding hydrogens is 289 g/mol. The van der Waals surface area contributed by atoms with Gasteiger partial charge in [0.1, 0.15) is 0 Å². The largest absolute Gasteiger partial charge is 0.0713 e. The van der Waals surface area contributed by atoms with Crippen molar-refractivity contribution in [1.29, 1.82) is 0 Å². The molecule has 0 saturated carbocycles. The van der Waals surface area contributed by atoms with Crippen LogP contribution in [0.3, 0.4) is 0 Å². The summed E-state index contributed by atoms with van der Waals surface area (Å²) < 4.78 is 0. The van der Waals surface area contributed by atoms with Crippen LogP contribution in [-0.2, 0) is 32.7 Å². The first kappa shape index (κ1) is 21.8. The molecule has 0 aliphatic rings. The maximum Gasteiger partial charge on any atom is 0.0473 e. The fraction of sp³-hybridized carbons (Fsp3) is 1.00. The van der Waals surface area contributed by atoms with Crippen molar-refractivity contribution in [2.75, 3.05) is 0 Å². The molecule has 0 spiro atoms. The van der Waals surface area contributed by atoms with Gasteiger partial charge in [-0.15, -0.1) is 0 Å². The molecule has 0 rings (SSSR count). The molecule has 0 heterocycles. The molecule has 0 aliphatic carbocycles. The van der Waals surface area contributed by atoms with Crippen molar-refractivity contribution < 1.29 is 32.7 Å². The van der Waals surface area contributed by atoms with Crippen LogP contribution in [0.2, 0.25) is 37.3 Å². The Morgan fingerprint density at radius 2 is 1.13 bits per heavy atom. The van der Waals surface area contributed by atoms with Crippen LogP contribution in [0.1, 0.15) is 40.5 Å². The molecule has 0 aromatic heterocycles. The predicted molar refractivity (Wildman–Crippen MR) is 74.4 cm³/mol. The van der Waals surface area contributed by atoms with Gasteiger partial charge in [0.25, 0.3) is 0 Å². The summed E-state index contributed by atoms with van der Waals surface area (Å²) in [4.78, 5) is 0. The van der Waals surface area contributed by atoms with Gasteiger partial charge < -0.3 is 0 Å². The number of hydrogen-bond acceptors (Lipinski definition) is 0. The molecule has 0 aromatic carbocycles. The van der Waals surface area contributed by atoms with Crippen LogP contribution in [0.25, 0.3) is 0 Å². The monoisotopic (exact) mass is 319 g/mol. The summed E-state index contributed by atoms with van der Waals surface area (Å²) in [6.07, 6.45) is 2.78. The van der Waals surface area contributed by atoms with Crippen molar-refractivity contribution in [2.45, 2.75) is 77.8 Å². The van der Waals surface area contributed by atoms with Crippen molar-refractivity contribution in [1.82, 2.24) is 0 Å². The molecule has 3 radical (unpaired) electrons. The van der Waals surface area contributed by atoms with Gasteiger partial charge in [-0.05, 0) is 0 Å². The minimum Gasteiger partial charge on any atom is -0.0713 e. The van der Waals surface area contributed by atoms with E-state index in [-0.39, 0.29) is 50.3 Å². The van der Waals surface area contributed by atoms with Gasteiger partial charge >= 0.3 is 0 Å². The Kier molecular flexibility index (Phi) is 26.0. The standard InChI is InChI=1S/C7H17Si.C5H13Si.Y/c1-4-7-8(5-2)6-3;1-4-5-6(2)3;/h4-7H2,1-3H3;4-5H2,1-3H3;. The van der Waals surface area contributed by atoms with E-state index in [9.17, 15) is 0 Å². The van der Waals surface area contributed by atoms with Crippen LogP contribution < -0.4 is 0 Å². The minimum atomic E-state index is 0. The summed E-state index contributed by atoms with van der Waals surface area (Å²) in [6.45, 7) is 13.9. The van der Waals surface area contributed by atoms with Crippen LogP contribution in [0.15, 0.2) is 0 Å². The summed E-state index contributed by atoms with van der Waals surface area (Å²) in [6, 6.07) is 5.94. The van der Waals surface area contributed by atoms with Gasteiger partial charge in [0.05, 0.1) is 0 Å². The van der Waals surface area contributed by atoms with Gasteiger partial charge in [0.2, 0.25) is 0 Å². The molecular formula is C12H30Si2Y. The maximum atomic E-state index is 2.36. The zero-order valence-electron chi connectivity index (χ0n) is 11.8. The van der Waals surface area contributed by atoms with E-state index in [0.717, 1.165) is 0 Å². The average molecular weight is 319 g/mol. The maximum absolute atomic E-state index is 2.36. The normalized spacial score (nSPS) is 9.60. The molecule has 0 amide bonds. The van der Waals surface area contributed by atoms with Gasteiger partial charge in [0, 0.05) is 50.3 Å². The third kappa shape index (κ3) is 21.4. The third-order valence-corrected chi connectivity index (χ3v) is 7.06. The molecule has 0 aliphatic heterocycles. The first-order chi connectivity index (χ1) is 6.62. The van der Waals surface area contributed by atoms with E-state index in [1.165, 1.54) is 37.0 Å². The fourth-order valence-electron chi connectivity index (χ4n) is 1.46. The van der Waals surface area contributed by atoms with E-state index >= 15 is 0 Å². The van der Waals surface area contributed by atoms with Crippen molar-refractivity contribution in [3.8, 4) is 0 Å². The van der Waals surface area contributed by atoms with E-state index in [1.807, 2.05) is 0 Å². The molecule has 0 N–H and O–H groups in total. The van der Waals surface area contributed by atoms with Gasteiger partial charge in [-0.1, -0.05) is 77.8 Å². The van der Waals surface area contributed by atoms with E-state index in [4.69, 9.17) is 0 Å². The topological polar surface area (TPSA) is 0 Å². The smallest absolute Gasteiger partial charge is 0.0473 e. The molecule has 3 heteroatoms. The average Bonchev–Trinajstić information content (AvgIpc) is 2.15. The van der Waals surface area contributed by atoms with E-state index < -0.39 is 0 Å². The van der Waals surface area contributed by atoms with Gasteiger partial charge in [0.15, 0.2) is 0 Å². The fourth-order valence-corrected chi connectivity index (χ4v) is 4.37. The summed E-state index contributed by atoms with van der Waals surface area (Å²) in [5.41, 5.74) is 0. The Hall–Kier alpha value is 1.54. The van der Waals surface area contributed by atoms with Gasteiger partial charge in [-0.3, -0.25) is 0 Å². The third-order valence-electron chi connectivity index (χ3n) is 2.35. The van der Waals surface area contributed by atoms with Crippen LogP contribution >= 0.6 is 0 Å². The van der Waals surface area contributed by atoms with Crippen molar-refractivity contribution in [2.24, 2.45) is 0 Å². The Balaban J connectivity index is -0.000000187. The Labute approximate surface area is 127 Å². The number of rotatable bonds is 6. The Morgan fingerprint density at radius 3 is 1.20 bits per heavy atom. The first-order valence-corrected chi connectivity index (χ1v) is 11.1. The molecule has 0 aromatic rings. The van der Waals surface area contributed by atoms with Crippen LogP contribution in [0.4, 0.5) is 0 Å². The zero-order chi connectivity index (χ0) is 11.4. The second-order valence-corrected chi connectivity index (χ2v) is 10.5. The minimum absolute atomic E-state index is 0. The van der Waals surface area contributed by atoms with Gasteiger partial charge in [-0.25, -0.2) is 0 Å². The van der Waals surface area contributed by atoms with Crippen molar-refractivity contribution in [3.63, 3.8) is 0 Å². The van der Waals surface area contributed by atoms with E-state index in [2.05, 4.69) is 40.8 Å². The molecule has 0 bridgehead atoms. The molecule has 0 unspecified atom stereocenters.